The van der Waals surface area contributed by atoms with E-state index in [1.54, 1.807) is 11.8 Å². The quantitative estimate of drug-likeness (QED) is 0.777. The molecule has 0 aromatic heterocycles. The fraction of sp³-hybridized carbons (Fsp3) is 1.00. The van der Waals surface area contributed by atoms with Crippen LogP contribution in [0.15, 0.2) is 0 Å². The van der Waals surface area contributed by atoms with Crippen LogP contribution < -0.4 is 0 Å². The molecule has 0 saturated carbocycles. The molecule has 6 heteroatoms. The minimum Gasteiger partial charge on any atom is -0.391 e. The van der Waals surface area contributed by atoms with Gasteiger partial charge in [0.1, 0.15) is 0 Å². The fourth-order valence-corrected chi connectivity index (χ4v) is 1.45. The summed E-state index contributed by atoms with van der Waals surface area (Å²) in [5.41, 5.74) is 0. The van der Waals surface area contributed by atoms with E-state index in [2.05, 4.69) is 0 Å². The van der Waals surface area contributed by atoms with E-state index < -0.39 is 24.7 Å². The van der Waals surface area contributed by atoms with Gasteiger partial charge in [-0.1, -0.05) is 13.8 Å². The van der Waals surface area contributed by atoms with E-state index in [0.717, 1.165) is 0 Å². The van der Waals surface area contributed by atoms with Crippen LogP contribution in [0.1, 0.15) is 27.2 Å². The molecule has 15 heavy (non-hydrogen) atoms. The smallest absolute Gasteiger partial charge is 0.391 e. The molecule has 0 aliphatic heterocycles. The molecule has 97 valence electrons. The van der Waals surface area contributed by atoms with E-state index in [0.29, 0.717) is 13.1 Å². The molecule has 2 atom stereocenters. The van der Waals surface area contributed by atoms with Gasteiger partial charge in [0.25, 0.3) is 0 Å². The van der Waals surface area contributed by atoms with Gasteiger partial charge in [-0.05, 0) is 20.0 Å². The van der Waals surface area contributed by atoms with Crippen molar-refractivity contribution in [3.8, 4) is 0 Å². The number of nitrogens with zero attached hydrogens (tertiary/aromatic N) is 1. The van der Waals surface area contributed by atoms with Crippen molar-refractivity contribution in [3.05, 3.63) is 0 Å². The van der Waals surface area contributed by atoms with Crippen LogP contribution in [-0.2, 0) is 17.1 Å². The molecule has 0 aromatic carbocycles. The van der Waals surface area contributed by atoms with Crippen molar-refractivity contribution >= 4 is 0 Å². The zero-order valence-electron chi connectivity index (χ0n) is 9.11. The summed E-state index contributed by atoms with van der Waals surface area (Å²) >= 11 is 0. The van der Waals surface area contributed by atoms with Gasteiger partial charge in [-0.15, -0.1) is 0 Å². The van der Waals surface area contributed by atoms with E-state index in [9.17, 15) is 18.3 Å². The summed E-state index contributed by atoms with van der Waals surface area (Å²) in [4.78, 5) is 1.80. The average Bonchev–Trinajstić information content (AvgIpc) is 2.03. The predicted octanol–water partition coefficient (Wildman–Crippen LogP) is 2.03. The van der Waals surface area contributed by atoms with Crippen molar-refractivity contribution in [3.63, 3.8) is 0 Å². The summed E-state index contributed by atoms with van der Waals surface area (Å²) in [7, 11) is 0. The number of halogens is 3. The third-order valence-corrected chi connectivity index (χ3v) is 2.39. The summed E-state index contributed by atoms with van der Waals surface area (Å²) in [6.45, 7) is 6.63. The van der Waals surface area contributed by atoms with Crippen LogP contribution in [0.4, 0.5) is 13.2 Å². The molecule has 0 heterocycles. The molecule has 0 aliphatic carbocycles. The Balaban J connectivity index is 0. The number of aliphatic hydroxyl groups is 1. The molecular formula is C9H18CuF3NO. The standard InChI is InChI=1S/C9H18F3NO.Cu/c1-4-13(5-2)7(3)8(14)6-9(10,11)12;/h7-8,14H,4-6H2,1-3H3;. The zero-order chi connectivity index (χ0) is 11.4. The Kier molecular flexibility index (Phi) is 8.80. The molecular weight excluding hydrogens is 259 g/mol. The third-order valence-electron chi connectivity index (χ3n) is 2.39. The first-order valence-electron chi connectivity index (χ1n) is 4.80. The van der Waals surface area contributed by atoms with Crippen LogP contribution in [0.3, 0.4) is 0 Å². The Morgan fingerprint density at radius 1 is 1.20 bits per heavy atom. The van der Waals surface area contributed by atoms with Crippen molar-refractivity contribution in [1.82, 2.24) is 4.90 Å². The van der Waals surface area contributed by atoms with Gasteiger partial charge in [-0.25, -0.2) is 0 Å². The molecule has 0 fully saturated rings. The average molecular weight is 277 g/mol. The normalized spacial score (nSPS) is 16.0. The van der Waals surface area contributed by atoms with E-state index in [-0.39, 0.29) is 17.1 Å². The minimum absolute atomic E-state index is 0. The Labute approximate surface area is 99.3 Å². The van der Waals surface area contributed by atoms with Gasteiger partial charge >= 0.3 is 6.18 Å². The van der Waals surface area contributed by atoms with Gasteiger partial charge in [0, 0.05) is 23.1 Å². The molecule has 0 aliphatic rings. The number of rotatable bonds is 5. The van der Waals surface area contributed by atoms with Crippen molar-refractivity contribution in [2.24, 2.45) is 0 Å². The second-order valence-corrected chi connectivity index (χ2v) is 3.35. The van der Waals surface area contributed by atoms with Gasteiger partial charge in [0.15, 0.2) is 0 Å². The molecule has 0 amide bonds. The Morgan fingerprint density at radius 2 is 1.60 bits per heavy atom. The van der Waals surface area contributed by atoms with E-state index >= 15 is 0 Å². The van der Waals surface area contributed by atoms with Crippen LogP contribution in [0, 0.1) is 0 Å². The maximum atomic E-state index is 12.0. The van der Waals surface area contributed by atoms with Gasteiger partial charge in [-0.3, -0.25) is 4.90 Å². The monoisotopic (exact) mass is 276 g/mol. The van der Waals surface area contributed by atoms with E-state index in [1.165, 1.54) is 0 Å². The van der Waals surface area contributed by atoms with Gasteiger partial charge in [0.05, 0.1) is 12.5 Å². The first kappa shape index (κ1) is 17.6. The maximum Gasteiger partial charge on any atom is 0.391 e. The number of likely N-dealkylation sites (N-methyl/N-ethyl adjacent to an activating group) is 1. The number of aliphatic hydroxyl groups excluding tert-OH is 1. The second-order valence-electron chi connectivity index (χ2n) is 3.35. The fourth-order valence-electron chi connectivity index (χ4n) is 1.45. The first-order chi connectivity index (χ1) is 6.31. The first-order valence-corrected chi connectivity index (χ1v) is 4.80. The van der Waals surface area contributed by atoms with Crippen molar-refractivity contribution in [2.75, 3.05) is 13.1 Å². The van der Waals surface area contributed by atoms with Crippen molar-refractivity contribution in [1.29, 1.82) is 0 Å². The van der Waals surface area contributed by atoms with Crippen molar-refractivity contribution < 1.29 is 35.3 Å². The van der Waals surface area contributed by atoms with Crippen molar-refractivity contribution in [2.45, 2.75) is 45.5 Å². The summed E-state index contributed by atoms with van der Waals surface area (Å²) in [5, 5.41) is 9.32. The predicted molar refractivity (Wildman–Crippen MR) is 49.1 cm³/mol. The van der Waals surface area contributed by atoms with Crippen LogP contribution in [0.5, 0.6) is 0 Å². The van der Waals surface area contributed by atoms with E-state index in [4.69, 9.17) is 0 Å². The molecule has 2 nitrogen and oxygen atoms in total. The van der Waals surface area contributed by atoms with Gasteiger partial charge < -0.3 is 5.11 Å². The van der Waals surface area contributed by atoms with Gasteiger partial charge in [0.2, 0.25) is 0 Å². The largest absolute Gasteiger partial charge is 0.391 e. The Morgan fingerprint density at radius 3 is 1.87 bits per heavy atom. The Hall–Kier alpha value is 0.229. The summed E-state index contributed by atoms with van der Waals surface area (Å²) in [6.07, 6.45) is -6.76. The molecule has 2 unspecified atom stereocenters. The summed E-state index contributed by atoms with van der Waals surface area (Å²) < 4.78 is 35.9. The molecule has 0 saturated heterocycles. The molecule has 1 N–H and O–H groups in total. The molecule has 1 radical (unpaired) electrons. The van der Waals surface area contributed by atoms with Crippen LogP contribution >= 0.6 is 0 Å². The maximum absolute atomic E-state index is 12.0. The number of alkyl halides is 3. The van der Waals surface area contributed by atoms with Crippen LogP contribution in [0.25, 0.3) is 0 Å². The zero-order valence-corrected chi connectivity index (χ0v) is 10.0. The SMILES string of the molecule is CCN(CC)C(C)C(O)CC(F)(F)F.[Cu]. The Bertz CT molecular complexity index is 162. The second kappa shape index (κ2) is 7.49. The number of hydrogen-bond acceptors (Lipinski definition) is 2. The molecule has 0 aromatic rings. The summed E-state index contributed by atoms with van der Waals surface area (Å²) in [5.74, 6) is 0. The minimum atomic E-state index is -4.29. The molecule has 0 bridgehead atoms. The van der Waals surface area contributed by atoms with Crippen LogP contribution in [0.2, 0.25) is 0 Å². The van der Waals surface area contributed by atoms with Gasteiger partial charge in [-0.2, -0.15) is 13.2 Å². The van der Waals surface area contributed by atoms with E-state index in [1.807, 2.05) is 13.8 Å². The molecule has 0 rings (SSSR count). The summed E-state index contributed by atoms with van der Waals surface area (Å²) in [6, 6.07) is -0.452. The topological polar surface area (TPSA) is 23.5 Å². The van der Waals surface area contributed by atoms with Crippen LogP contribution in [-0.4, -0.2) is 41.4 Å². The number of hydrogen-bond donors (Lipinski definition) is 1. The third kappa shape index (κ3) is 7.17. The molecule has 0 spiro atoms.